The van der Waals surface area contributed by atoms with Crippen LogP contribution in [0.5, 0.6) is 5.75 Å². The molecule has 7 nitrogen and oxygen atoms in total. The molecule has 0 aliphatic heterocycles. The lowest BCUT2D eigenvalue weighted by Gasteiger charge is -2.14. The van der Waals surface area contributed by atoms with Gasteiger partial charge in [-0.25, -0.2) is 4.79 Å². The number of alkyl halides is 2. The molecular weight excluding hydrogens is 468 g/mol. The maximum atomic E-state index is 12.9. The van der Waals surface area contributed by atoms with Crippen molar-refractivity contribution in [2.24, 2.45) is 0 Å². The van der Waals surface area contributed by atoms with Gasteiger partial charge in [0.1, 0.15) is 12.3 Å². The average Bonchev–Trinajstić information content (AvgIpc) is 2.86. The van der Waals surface area contributed by atoms with E-state index in [2.05, 4.69) is 10.1 Å². The second-order valence-electron chi connectivity index (χ2n) is 8.05. The fourth-order valence-corrected chi connectivity index (χ4v) is 3.77. The number of hydrogen-bond donors (Lipinski definition) is 1. The van der Waals surface area contributed by atoms with E-state index in [-0.39, 0.29) is 12.3 Å². The van der Waals surface area contributed by atoms with Crippen LogP contribution in [0.3, 0.4) is 0 Å². The molecule has 3 aromatic carbocycles. The number of amides is 1. The zero-order valence-electron chi connectivity index (χ0n) is 19.1. The SMILES string of the molecule is O=C(Cn1c(=O)ccn(Cc2ccccc2)c1=O)Nc1ccc(OC(F)F)c(Cc2ccccc2)c1. The highest BCUT2D eigenvalue weighted by atomic mass is 19.3. The van der Waals surface area contributed by atoms with Crippen LogP contribution in [0.25, 0.3) is 0 Å². The third-order valence-electron chi connectivity index (χ3n) is 5.43. The van der Waals surface area contributed by atoms with E-state index in [0.717, 1.165) is 15.7 Å². The first-order valence-electron chi connectivity index (χ1n) is 11.1. The quantitative estimate of drug-likeness (QED) is 0.385. The molecule has 1 aromatic heterocycles. The Bertz CT molecular complexity index is 1450. The van der Waals surface area contributed by atoms with Crippen molar-refractivity contribution in [1.82, 2.24) is 9.13 Å². The molecule has 4 aromatic rings. The first-order chi connectivity index (χ1) is 17.4. The van der Waals surface area contributed by atoms with E-state index in [4.69, 9.17) is 0 Å². The Kier molecular flexibility index (Phi) is 7.69. The Balaban J connectivity index is 1.53. The monoisotopic (exact) mass is 491 g/mol. The summed E-state index contributed by atoms with van der Waals surface area (Å²) in [6.07, 6.45) is 1.69. The van der Waals surface area contributed by atoms with Gasteiger partial charge < -0.3 is 10.1 Å². The zero-order chi connectivity index (χ0) is 25.5. The topological polar surface area (TPSA) is 82.3 Å². The van der Waals surface area contributed by atoms with Crippen LogP contribution in [0.4, 0.5) is 14.5 Å². The van der Waals surface area contributed by atoms with Crippen LogP contribution in [0.15, 0.2) is 101 Å². The Morgan fingerprint density at radius 1 is 0.889 bits per heavy atom. The molecule has 0 fully saturated rings. The number of hydrogen-bond acceptors (Lipinski definition) is 4. The van der Waals surface area contributed by atoms with E-state index in [0.29, 0.717) is 17.7 Å². The molecular formula is C27H23F2N3O4. The van der Waals surface area contributed by atoms with Gasteiger partial charge >= 0.3 is 12.3 Å². The molecule has 0 spiro atoms. The van der Waals surface area contributed by atoms with Crippen molar-refractivity contribution in [1.29, 1.82) is 0 Å². The van der Waals surface area contributed by atoms with Crippen LogP contribution < -0.4 is 21.3 Å². The van der Waals surface area contributed by atoms with Crippen LogP contribution in [-0.4, -0.2) is 21.7 Å². The maximum absolute atomic E-state index is 12.9. The number of nitrogens with one attached hydrogen (secondary N) is 1. The van der Waals surface area contributed by atoms with E-state index in [1.54, 1.807) is 0 Å². The molecule has 0 atom stereocenters. The van der Waals surface area contributed by atoms with E-state index in [1.807, 2.05) is 60.7 Å². The molecule has 1 heterocycles. The van der Waals surface area contributed by atoms with E-state index in [9.17, 15) is 23.2 Å². The first kappa shape index (κ1) is 24.6. The minimum absolute atomic E-state index is 0.00470. The van der Waals surface area contributed by atoms with Gasteiger partial charge in [-0.05, 0) is 29.3 Å². The zero-order valence-corrected chi connectivity index (χ0v) is 19.1. The van der Waals surface area contributed by atoms with Gasteiger partial charge in [0.2, 0.25) is 5.91 Å². The Hall–Kier alpha value is -4.53. The Labute approximate surface area is 205 Å². The lowest BCUT2D eigenvalue weighted by Crippen LogP contribution is -2.41. The number of rotatable bonds is 9. The summed E-state index contributed by atoms with van der Waals surface area (Å²) in [4.78, 5) is 37.9. The van der Waals surface area contributed by atoms with E-state index >= 15 is 0 Å². The third-order valence-corrected chi connectivity index (χ3v) is 5.43. The second kappa shape index (κ2) is 11.3. The fourth-order valence-electron chi connectivity index (χ4n) is 3.77. The summed E-state index contributed by atoms with van der Waals surface area (Å²) in [5.41, 5.74) is 1.28. The van der Waals surface area contributed by atoms with Crippen LogP contribution in [0.1, 0.15) is 16.7 Å². The molecule has 36 heavy (non-hydrogen) atoms. The molecule has 4 rings (SSSR count). The van der Waals surface area contributed by atoms with E-state index < -0.39 is 30.3 Å². The minimum Gasteiger partial charge on any atom is -0.435 e. The number of carbonyl (C=O) groups is 1. The second-order valence-corrected chi connectivity index (χ2v) is 8.05. The van der Waals surface area contributed by atoms with E-state index in [1.165, 1.54) is 35.0 Å². The Morgan fingerprint density at radius 2 is 1.56 bits per heavy atom. The molecule has 0 bridgehead atoms. The van der Waals surface area contributed by atoms with Crippen LogP contribution in [-0.2, 0) is 24.3 Å². The van der Waals surface area contributed by atoms with Crippen molar-refractivity contribution >= 4 is 11.6 Å². The number of carbonyl (C=O) groups excluding carboxylic acids is 1. The van der Waals surface area contributed by atoms with Gasteiger partial charge in [0.25, 0.3) is 5.56 Å². The van der Waals surface area contributed by atoms with Gasteiger partial charge in [0.15, 0.2) is 0 Å². The van der Waals surface area contributed by atoms with Gasteiger partial charge in [-0.1, -0.05) is 60.7 Å². The number of aromatic nitrogens is 2. The summed E-state index contributed by atoms with van der Waals surface area (Å²) < 4.78 is 32.6. The van der Waals surface area contributed by atoms with Crippen molar-refractivity contribution < 1.29 is 18.3 Å². The molecule has 0 radical (unpaired) electrons. The van der Waals surface area contributed by atoms with Crippen molar-refractivity contribution in [2.45, 2.75) is 26.1 Å². The van der Waals surface area contributed by atoms with Gasteiger partial charge in [0.05, 0.1) is 6.54 Å². The molecule has 9 heteroatoms. The predicted octanol–water partition coefficient (Wildman–Crippen LogP) is 3.89. The number of anilines is 1. The van der Waals surface area contributed by atoms with Crippen molar-refractivity contribution in [3.63, 3.8) is 0 Å². The largest absolute Gasteiger partial charge is 0.435 e. The summed E-state index contributed by atoms with van der Waals surface area (Å²) >= 11 is 0. The highest BCUT2D eigenvalue weighted by molar-refractivity contribution is 5.90. The summed E-state index contributed by atoms with van der Waals surface area (Å²) in [6.45, 7) is -3.25. The summed E-state index contributed by atoms with van der Waals surface area (Å²) in [6, 6.07) is 24.0. The van der Waals surface area contributed by atoms with Gasteiger partial charge in [0, 0.05) is 29.9 Å². The molecule has 0 aliphatic rings. The van der Waals surface area contributed by atoms with Gasteiger partial charge in [-0.2, -0.15) is 8.78 Å². The summed E-state index contributed by atoms with van der Waals surface area (Å²) in [5, 5.41) is 2.63. The number of nitrogens with zero attached hydrogens (tertiary/aromatic N) is 2. The van der Waals surface area contributed by atoms with Gasteiger partial charge in [-0.15, -0.1) is 0 Å². The lowest BCUT2D eigenvalue weighted by atomic mass is 10.0. The minimum atomic E-state index is -3.00. The summed E-state index contributed by atoms with van der Waals surface area (Å²) in [5.74, 6) is -0.616. The normalized spacial score (nSPS) is 10.9. The highest BCUT2D eigenvalue weighted by Gasteiger charge is 2.14. The molecule has 0 unspecified atom stereocenters. The third kappa shape index (κ3) is 6.32. The van der Waals surface area contributed by atoms with Crippen LogP contribution >= 0.6 is 0 Å². The molecule has 0 aliphatic carbocycles. The molecule has 184 valence electrons. The number of halogens is 2. The smallest absolute Gasteiger partial charge is 0.387 e. The van der Waals surface area contributed by atoms with Crippen molar-refractivity contribution in [3.8, 4) is 5.75 Å². The molecule has 1 amide bonds. The summed E-state index contributed by atoms with van der Waals surface area (Å²) in [7, 11) is 0. The van der Waals surface area contributed by atoms with Crippen molar-refractivity contribution in [2.75, 3.05) is 5.32 Å². The molecule has 0 saturated carbocycles. The lowest BCUT2D eigenvalue weighted by molar-refractivity contribution is -0.116. The Morgan fingerprint density at radius 3 is 2.22 bits per heavy atom. The van der Waals surface area contributed by atoms with Gasteiger partial charge in [-0.3, -0.25) is 18.7 Å². The molecule has 0 saturated heterocycles. The number of ether oxygens (including phenoxy) is 1. The standard InChI is InChI=1S/C27H23F2N3O4/c28-26(29)36-23-12-11-22(16-21(23)15-19-7-3-1-4-8-19)30-24(33)18-32-25(34)13-14-31(27(32)35)17-20-9-5-2-6-10-20/h1-14,16,26H,15,17-18H2,(H,30,33). The maximum Gasteiger partial charge on any atom is 0.387 e. The van der Waals surface area contributed by atoms with Crippen molar-refractivity contribution in [3.05, 3.63) is 129 Å². The fraction of sp³-hybridized carbons (Fsp3) is 0.148. The molecule has 1 N–H and O–H groups in total. The van der Waals surface area contributed by atoms with Crippen LogP contribution in [0.2, 0.25) is 0 Å². The average molecular weight is 491 g/mol. The predicted molar refractivity (Wildman–Crippen MR) is 131 cm³/mol. The highest BCUT2D eigenvalue weighted by Crippen LogP contribution is 2.27. The van der Waals surface area contributed by atoms with Crippen LogP contribution in [0, 0.1) is 0 Å². The number of benzene rings is 3. The first-order valence-corrected chi connectivity index (χ1v) is 11.1.